The van der Waals surface area contributed by atoms with E-state index in [4.69, 9.17) is 0 Å². The van der Waals surface area contributed by atoms with Gasteiger partial charge in [0.05, 0.1) is 6.20 Å². The zero-order chi connectivity index (χ0) is 10.8. The van der Waals surface area contributed by atoms with Gasteiger partial charge < -0.3 is 0 Å². The molecule has 0 aliphatic carbocycles. The van der Waals surface area contributed by atoms with Gasteiger partial charge in [0.1, 0.15) is 5.69 Å². The Bertz CT molecular complexity index is 491. The van der Waals surface area contributed by atoms with Crippen molar-refractivity contribution in [2.75, 3.05) is 0 Å². The van der Waals surface area contributed by atoms with Gasteiger partial charge in [0, 0.05) is 17.7 Å². The lowest BCUT2D eigenvalue weighted by molar-refractivity contribution is 0.102. The fraction of sp³-hybridized carbons (Fsp3) is 0.111. The summed E-state index contributed by atoms with van der Waals surface area (Å²) in [5, 5.41) is 7.74. The van der Waals surface area contributed by atoms with Crippen LogP contribution in [0.15, 0.2) is 29.0 Å². The summed E-state index contributed by atoms with van der Waals surface area (Å²) < 4.78 is 0.832. The molecule has 0 fully saturated rings. The zero-order valence-electron chi connectivity index (χ0n) is 7.88. The highest BCUT2D eigenvalue weighted by atomic mass is 79.9. The van der Waals surface area contributed by atoms with Crippen molar-refractivity contribution in [3.63, 3.8) is 0 Å². The molecule has 0 aromatic carbocycles. The quantitative estimate of drug-likeness (QED) is 0.767. The summed E-state index contributed by atoms with van der Waals surface area (Å²) >= 11 is 3.25. The van der Waals surface area contributed by atoms with Crippen LogP contribution in [0.3, 0.4) is 0 Å². The van der Waals surface area contributed by atoms with E-state index in [0.717, 1.165) is 4.47 Å². The van der Waals surface area contributed by atoms with E-state index in [1.165, 1.54) is 11.0 Å². The normalized spacial score (nSPS) is 10.3. The molecule has 6 heteroatoms. The Balaban J connectivity index is 2.32. The molecule has 76 valence electrons. The second kappa shape index (κ2) is 3.90. The molecule has 0 saturated carbocycles. The maximum atomic E-state index is 11.8. The molecule has 5 nitrogen and oxygen atoms in total. The molecule has 2 rings (SSSR count). The topological polar surface area (TPSA) is 60.7 Å². The number of rotatable bonds is 2. The third-order valence-corrected chi connectivity index (χ3v) is 2.26. The molecular formula is C9H7BrN4O. The number of halogens is 1. The molecule has 2 aromatic heterocycles. The number of carbonyl (C=O) groups is 1. The van der Waals surface area contributed by atoms with E-state index in [9.17, 15) is 4.79 Å². The maximum Gasteiger partial charge on any atom is 0.233 e. The lowest BCUT2D eigenvalue weighted by Crippen LogP contribution is -2.05. The number of pyridine rings is 1. The molecule has 0 saturated heterocycles. The Morgan fingerprint density at radius 1 is 1.33 bits per heavy atom. The molecule has 0 radical (unpaired) electrons. The van der Waals surface area contributed by atoms with Gasteiger partial charge in [0.2, 0.25) is 5.78 Å². The molecule has 0 N–H and O–H groups in total. The number of carbonyl (C=O) groups excluding carboxylic acids is 1. The number of aromatic nitrogens is 4. The predicted molar refractivity (Wildman–Crippen MR) is 56.4 cm³/mol. The van der Waals surface area contributed by atoms with Crippen LogP contribution in [0.25, 0.3) is 0 Å². The van der Waals surface area contributed by atoms with Gasteiger partial charge in [0.15, 0.2) is 5.69 Å². The van der Waals surface area contributed by atoms with Crippen molar-refractivity contribution >= 4 is 21.7 Å². The van der Waals surface area contributed by atoms with Crippen molar-refractivity contribution in [3.05, 3.63) is 40.4 Å². The first-order valence-electron chi connectivity index (χ1n) is 4.19. The van der Waals surface area contributed by atoms with Crippen LogP contribution < -0.4 is 0 Å². The molecule has 0 bridgehead atoms. The number of ketones is 1. The Morgan fingerprint density at radius 3 is 2.67 bits per heavy atom. The highest BCUT2D eigenvalue weighted by molar-refractivity contribution is 9.10. The molecule has 0 spiro atoms. The van der Waals surface area contributed by atoms with E-state index < -0.39 is 0 Å². The summed E-state index contributed by atoms with van der Waals surface area (Å²) in [5.74, 6) is -0.226. The van der Waals surface area contributed by atoms with Crippen LogP contribution in [-0.2, 0) is 7.05 Å². The monoisotopic (exact) mass is 266 g/mol. The fourth-order valence-electron chi connectivity index (χ4n) is 1.09. The number of aryl methyl sites for hydroxylation is 1. The second-order valence-corrected chi connectivity index (χ2v) is 3.83. The van der Waals surface area contributed by atoms with E-state index in [0.29, 0.717) is 11.4 Å². The van der Waals surface area contributed by atoms with Gasteiger partial charge in [-0.25, -0.2) is 0 Å². The standard InChI is InChI=1S/C9H7BrN4O/c1-14-12-5-8(13-14)9(15)7-3-2-6(10)4-11-7/h2-5H,1H3. The summed E-state index contributed by atoms with van der Waals surface area (Å²) in [6.07, 6.45) is 3.00. The largest absolute Gasteiger partial charge is 0.285 e. The van der Waals surface area contributed by atoms with Gasteiger partial charge in [-0.05, 0) is 28.1 Å². The molecular weight excluding hydrogens is 260 g/mol. The van der Waals surface area contributed by atoms with Crippen LogP contribution in [-0.4, -0.2) is 25.8 Å². The van der Waals surface area contributed by atoms with Crippen LogP contribution in [0.2, 0.25) is 0 Å². The van der Waals surface area contributed by atoms with E-state index in [-0.39, 0.29) is 5.78 Å². The molecule has 0 unspecified atom stereocenters. The molecule has 0 atom stereocenters. The lowest BCUT2D eigenvalue weighted by Gasteiger charge is -1.95. The van der Waals surface area contributed by atoms with E-state index in [1.807, 2.05) is 0 Å². The number of nitrogens with zero attached hydrogens (tertiary/aromatic N) is 4. The van der Waals surface area contributed by atoms with Crippen LogP contribution >= 0.6 is 15.9 Å². The Kier molecular flexibility index (Phi) is 2.59. The Hall–Kier alpha value is -1.56. The van der Waals surface area contributed by atoms with Gasteiger partial charge in [-0.3, -0.25) is 9.78 Å². The highest BCUT2D eigenvalue weighted by Crippen LogP contribution is 2.09. The van der Waals surface area contributed by atoms with Crippen LogP contribution in [0.4, 0.5) is 0 Å². The highest BCUT2D eigenvalue weighted by Gasteiger charge is 2.13. The lowest BCUT2D eigenvalue weighted by atomic mass is 10.2. The number of hydrogen-bond donors (Lipinski definition) is 0. The summed E-state index contributed by atoms with van der Waals surface area (Å²) in [6.45, 7) is 0. The molecule has 0 amide bonds. The predicted octanol–water partition coefficient (Wildman–Crippen LogP) is 1.20. The molecule has 0 aliphatic heterocycles. The minimum absolute atomic E-state index is 0.226. The molecule has 15 heavy (non-hydrogen) atoms. The minimum Gasteiger partial charge on any atom is -0.285 e. The Labute approximate surface area is 94.3 Å². The van der Waals surface area contributed by atoms with Crippen molar-refractivity contribution in [3.8, 4) is 0 Å². The Morgan fingerprint density at radius 2 is 2.13 bits per heavy atom. The van der Waals surface area contributed by atoms with E-state index >= 15 is 0 Å². The minimum atomic E-state index is -0.226. The summed E-state index contributed by atoms with van der Waals surface area (Å²) in [4.78, 5) is 17.1. The number of hydrogen-bond acceptors (Lipinski definition) is 4. The van der Waals surface area contributed by atoms with Gasteiger partial charge in [-0.2, -0.15) is 15.0 Å². The SMILES string of the molecule is Cn1ncc(C(=O)c2ccc(Br)cn2)n1. The van der Waals surface area contributed by atoms with Crippen molar-refractivity contribution in [2.24, 2.45) is 7.05 Å². The zero-order valence-corrected chi connectivity index (χ0v) is 9.47. The first-order valence-corrected chi connectivity index (χ1v) is 4.98. The third-order valence-electron chi connectivity index (χ3n) is 1.79. The summed E-state index contributed by atoms with van der Waals surface area (Å²) in [6, 6.07) is 3.40. The maximum absolute atomic E-state index is 11.8. The average Bonchev–Trinajstić information content (AvgIpc) is 2.65. The summed E-state index contributed by atoms with van der Waals surface area (Å²) in [5.41, 5.74) is 0.658. The van der Waals surface area contributed by atoms with Crippen molar-refractivity contribution in [1.29, 1.82) is 0 Å². The molecule has 2 heterocycles. The average molecular weight is 267 g/mol. The first kappa shape index (κ1) is 9.97. The molecule has 0 aliphatic rings. The van der Waals surface area contributed by atoms with E-state index in [1.54, 1.807) is 25.4 Å². The van der Waals surface area contributed by atoms with E-state index in [2.05, 4.69) is 31.1 Å². The van der Waals surface area contributed by atoms with Gasteiger partial charge in [-0.15, -0.1) is 0 Å². The molecule has 2 aromatic rings. The fourth-order valence-corrected chi connectivity index (χ4v) is 1.33. The van der Waals surface area contributed by atoms with Crippen molar-refractivity contribution in [1.82, 2.24) is 20.0 Å². The second-order valence-electron chi connectivity index (χ2n) is 2.91. The smallest absolute Gasteiger partial charge is 0.233 e. The first-order chi connectivity index (χ1) is 7.16. The third kappa shape index (κ3) is 2.10. The van der Waals surface area contributed by atoms with Gasteiger partial charge >= 0.3 is 0 Å². The van der Waals surface area contributed by atoms with Crippen LogP contribution in [0, 0.1) is 0 Å². The van der Waals surface area contributed by atoms with Crippen LogP contribution in [0.1, 0.15) is 16.2 Å². The van der Waals surface area contributed by atoms with Gasteiger partial charge in [-0.1, -0.05) is 0 Å². The summed E-state index contributed by atoms with van der Waals surface area (Å²) in [7, 11) is 1.66. The van der Waals surface area contributed by atoms with Crippen LogP contribution in [0.5, 0.6) is 0 Å². The van der Waals surface area contributed by atoms with Gasteiger partial charge in [0.25, 0.3) is 0 Å². The van der Waals surface area contributed by atoms with Crippen molar-refractivity contribution in [2.45, 2.75) is 0 Å². The van der Waals surface area contributed by atoms with Crippen molar-refractivity contribution < 1.29 is 4.79 Å².